The SMILES string of the molecule is Cc1ccccc1C(=O)N1CCCC(N2CCN(c3ccccc3C)CC2)C1. The summed E-state index contributed by atoms with van der Waals surface area (Å²) in [5.41, 5.74) is 4.64. The molecule has 2 aliphatic rings. The molecule has 4 nitrogen and oxygen atoms in total. The van der Waals surface area contributed by atoms with Gasteiger partial charge in [-0.1, -0.05) is 36.4 Å². The van der Waals surface area contributed by atoms with Crippen LogP contribution < -0.4 is 4.90 Å². The Morgan fingerprint density at radius 1 is 0.857 bits per heavy atom. The highest BCUT2D eigenvalue weighted by atomic mass is 16.2. The Kier molecular flexibility index (Phi) is 5.67. The van der Waals surface area contributed by atoms with Crippen LogP contribution in [0.25, 0.3) is 0 Å². The zero-order valence-electron chi connectivity index (χ0n) is 17.1. The van der Waals surface area contributed by atoms with E-state index in [-0.39, 0.29) is 5.91 Å². The Labute approximate surface area is 168 Å². The third kappa shape index (κ3) is 3.93. The summed E-state index contributed by atoms with van der Waals surface area (Å²) in [4.78, 5) is 20.2. The predicted molar refractivity (Wildman–Crippen MR) is 115 cm³/mol. The molecule has 0 aromatic heterocycles. The molecule has 4 rings (SSSR count). The first-order valence-electron chi connectivity index (χ1n) is 10.5. The number of para-hydroxylation sites is 1. The van der Waals surface area contributed by atoms with Gasteiger partial charge in [-0.2, -0.15) is 0 Å². The zero-order chi connectivity index (χ0) is 19.5. The average Bonchev–Trinajstić information content (AvgIpc) is 2.74. The van der Waals surface area contributed by atoms with E-state index in [1.807, 2.05) is 31.2 Å². The average molecular weight is 378 g/mol. The molecular weight excluding hydrogens is 346 g/mol. The first kappa shape index (κ1) is 19.0. The Bertz CT molecular complexity index is 826. The van der Waals surface area contributed by atoms with Crippen molar-refractivity contribution in [3.05, 3.63) is 65.2 Å². The van der Waals surface area contributed by atoms with Gasteiger partial charge in [0.2, 0.25) is 0 Å². The number of hydrogen-bond acceptors (Lipinski definition) is 3. The third-order valence-corrected chi connectivity index (χ3v) is 6.35. The van der Waals surface area contributed by atoms with Gasteiger partial charge in [-0.15, -0.1) is 0 Å². The van der Waals surface area contributed by atoms with Crippen LogP contribution in [-0.2, 0) is 0 Å². The molecule has 0 spiro atoms. The lowest BCUT2D eigenvalue weighted by molar-refractivity contribution is 0.0563. The Morgan fingerprint density at radius 2 is 1.54 bits per heavy atom. The molecular formula is C24H31N3O. The highest BCUT2D eigenvalue weighted by molar-refractivity contribution is 5.95. The monoisotopic (exact) mass is 377 g/mol. The fourth-order valence-corrected chi connectivity index (χ4v) is 4.67. The van der Waals surface area contributed by atoms with Gasteiger partial charge in [0.15, 0.2) is 0 Å². The van der Waals surface area contributed by atoms with E-state index in [4.69, 9.17) is 0 Å². The topological polar surface area (TPSA) is 26.8 Å². The van der Waals surface area contributed by atoms with Crippen molar-refractivity contribution in [2.24, 2.45) is 0 Å². The highest BCUT2D eigenvalue weighted by Crippen LogP contribution is 2.24. The fourth-order valence-electron chi connectivity index (χ4n) is 4.67. The summed E-state index contributed by atoms with van der Waals surface area (Å²) in [5, 5.41) is 0. The zero-order valence-corrected chi connectivity index (χ0v) is 17.1. The number of anilines is 1. The number of piperidine rings is 1. The Morgan fingerprint density at radius 3 is 2.25 bits per heavy atom. The molecule has 0 bridgehead atoms. The summed E-state index contributed by atoms with van der Waals surface area (Å²) in [5.74, 6) is 0.196. The van der Waals surface area contributed by atoms with Gasteiger partial charge in [0.05, 0.1) is 0 Å². The minimum Gasteiger partial charge on any atom is -0.369 e. The summed E-state index contributed by atoms with van der Waals surface area (Å²) >= 11 is 0. The summed E-state index contributed by atoms with van der Waals surface area (Å²) in [6.45, 7) is 10.2. The van der Waals surface area contributed by atoms with Gasteiger partial charge in [-0.3, -0.25) is 9.69 Å². The van der Waals surface area contributed by atoms with Crippen molar-refractivity contribution in [1.82, 2.24) is 9.80 Å². The number of piperazine rings is 1. The van der Waals surface area contributed by atoms with Crippen molar-refractivity contribution in [1.29, 1.82) is 0 Å². The molecule has 1 amide bonds. The van der Waals surface area contributed by atoms with Crippen molar-refractivity contribution >= 4 is 11.6 Å². The minimum absolute atomic E-state index is 0.196. The van der Waals surface area contributed by atoms with Gasteiger partial charge in [-0.25, -0.2) is 0 Å². The molecule has 2 fully saturated rings. The van der Waals surface area contributed by atoms with Gasteiger partial charge in [0, 0.05) is 56.6 Å². The van der Waals surface area contributed by atoms with Crippen LogP contribution in [0.5, 0.6) is 0 Å². The molecule has 0 radical (unpaired) electrons. The van der Waals surface area contributed by atoms with Gasteiger partial charge >= 0.3 is 0 Å². The van der Waals surface area contributed by atoms with Crippen molar-refractivity contribution in [2.75, 3.05) is 44.2 Å². The molecule has 2 saturated heterocycles. The third-order valence-electron chi connectivity index (χ3n) is 6.35. The van der Waals surface area contributed by atoms with Crippen molar-refractivity contribution in [3.63, 3.8) is 0 Å². The maximum absolute atomic E-state index is 13.0. The normalized spacial score (nSPS) is 21.0. The van der Waals surface area contributed by atoms with Crippen LogP contribution in [0.3, 0.4) is 0 Å². The first-order valence-corrected chi connectivity index (χ1v) is 10.5. The number of carbonyl (C=O) groups is 1. The van der Waals surface area contributed by atoms with E-state index in [1.165, 1.54) is 17.7 Å². The molecule has 4 heteroatoms. The standard InChI is InChI=1S/C24H31N3O/c1-19-8-3-5-11-22(19)24(28)27-13-7-10-21(18-27)25-14-16-26(17-15-25)23-12-6-4-9-20(23)2/h3-6,8-9,11-12,21H,7,10,13-18H2,1-2H3. The minimum atomic E-state index is 0.196. The van der Waals surface area contributed by atoms with Crippen molar-refractivity contribution < 1.29 is 4.79 Å². The molecule has 2 aromatic carbocycles. The molecule has 2 heterocycles. The van der Waals surface area contributed by atoms with Gasteiger partial charge in [-0.05, 0) is 49.9 Å². The highest BCUT2D eigenvalue weighted by Gasteiger charge is 2.30. The maximum Gasteiger partial charge on any atom is 0.254 e. The molecule has 2 aliphatic heterocycles. The van der Waals surface area contributed by atoms with Crippen LogP contribution in [0.15, 0.2) is 48.5 Å². The molecule has 2 aromatic rings. The predicted octanol–water partition coefficient (Wildman–Crippen LogP) is 3.73. The largest absolute Gasteiger partial charge is 0.369 e. The second-order valence-corrected chi connectivity index (χ2v) is 8.17. The smallest absolute Gasteiger partial charge is 0.254 e. The molecule has 0 saturated carbocycles. The number of benzene rings is 2. The van der Waals surface area contributed by atoms with Crippen LogP contribution in [-0.4, -0.2) is 61.0 Å². The van der Waals surface area contributed by atoms with Gasteiger partial charge in [0.1, 0.15) is 0 Å². The maximum atomic E-state index is 13.0. The van der Waals surface area contributed by atoms with Crippen LogP contribution in [0, 0.1) is 13.8 Å². The van der Waals surface area contributed by atoms with Crippen LogP contribution in [0.2, 0.25) is 0 Å². The summed E-state index contributed by atoms with van der Waals surface area (Å²) in [6, 6.07) is 17.1. The number of aryl methyl sites for hydroxylation is 2. The van der Waals surface area contributed by atoms with E-state index in [1.54, 1.807) is 0 Å². The number of nitrogens with zero attached hydrogens (tertiary/aromatic N) is 3. The Hall–Kier alpha value is -2.33. The van der Waals surface area contributed by atoms with E-state index in [2.05, 4.69) is 45.9 Å². The van der Waals surface area contributed by atoms with Crippen LogP contribution >= 0.6 is 0 Å². The second-order valence-electron chi connectivity index (χ2n) is 8.17. The first-order chi connectivity index (χ1) is 13.6. The fraction of sp³-hybridized carbons (Fsp3) is 0.458. The number of hydrogen-bond donors (Lipinski definition) is 0. The quantitative estimate of drug-likeness (QED) is 0.815. The lowest BCUT2D eigenvalue weighted by atomic mass is 10.0. The summed E-state index contributed by atoms with van der Waals surface area (Å²) in [7, 11) is 0. The second kappa shape index (κ2) is 8.36. The van der Waals surface area contributed by atoms with Gasteiger partial charge in [0.25, 0.3) is 5.91 Å². The van der Waals surface area contributed by atoms with Gasteiger partial charge < -0.3 is 9.80 Å². The number of likely N-dealkylation sites (tertiary alicyclic amines) is 1. The van der Waals surface area contributed by atoms with E-state index in [9.17, 15) is 4.79 Å². The molecule has 1 atom stereocenters. The van der Waals surface area contributed by atoms with Crippen molar-refractivity contribution in [2.45, 2.75) is 32.7 Å². The lowest BCUT2D eigenvalue weighted by Gasteiger charge is -2.44. The summed E-state index contributed by atoms with van der Waals surface area (Å²) < 4.78 is 0. The molecule has 148 valence electrons. The van der Waals surface area contributed by atoms with E-state index < -0.39 is 0 Å². The van der Waals surface area contributed by atoms with E-state index >= 15 is 0 Å². The van der Waals surface area contributed by atoms with Crippen LogP contribution in [0.4, 0.5) is 5.69 Å². The molecule has 0 N–H and O–H groups in total. The molecule has 0 aliphatic carbocycles. The Balaban J connectivity index is 1.37. The van der Waals surface area contributed by atoms with E-state index in [0.29, 0.717) is 6.04 Å². The number of amides is 1. The van der Waals surface area contributed by atoms with E-state index in [0.717, 1.165) is 56.8 Å². The number of carbonyl (C=O) groups excluding carboxylic acids is 1. The molecule has 28 heavy (non-hydrogen) atoms. The molecule has 1 unspecified atom stereocenters. The number of rotatable bonds is 3. The lowest BCUT2D eigenvalue weighted by Crippen LogP contribution is -2.56. The van der Waals surface area contributed by atoms with Crippen LogP contribution in [0.1, 0.15) is 34.3 Å². The summed E-state index contributed by atoms with van der Waals surface area (Å²) in [6.07, 6.45) is 2.29. The van der Waals surface area contributed by atoms with Crippen molar-refractivity contribution in [3.8, 4) is 0 Å².